The van der Waals surface area contributed by atoms with Crippen LogP contribution < -0.4 is 0 Å². The van der Waals surface area contributed by atoms with Crippen LogP contribution in [0.3, 0.4) is 0 Å². The first-order chi connectivity index (χ1) is 14.9. The predicted molar refractivity (Wildman–Crippen MR) is 121 cm³/mol. The quantitative estimate of drug-likeness (QED) is 0.556. The molecule has 3 nitrogen and oxygen atoms in total. The third-order valence-corrected chi connectivity index (χ3v) is 9.61. The summed E-state index contributed by atoms with van der Waals surface area (Å²) in [6.45, 7) is 4.83. The Morgan fingerprint density at radius 2 is 1.81 bits per heavy atom. The van der Waals surface area contributed by atoms with Gasteiger partial charge in [0.25, 0.3) is 0 Å². The third kappa shape index (κ3) is 3.58. The van der Waals surface area contributed by atoms with E-state index < -0.39 is 0 Å². The molecule has 5 rings (SSSR count). The fraction of sp³-hybridized carbons (Fsp3) is 0.643. The van der Waals surface area contributed by atoms with Gasteiger partial charge in [-0.2, -0.15) is 0 Å². The van der Waals surface area contributed by atoms with Gasteiger partial charge in [-0.1, -0.05) is 49.8 Å². The molecule has 0 N–H and O–H groups in total. The van der Waals surface area contributed by atoms with Crippen LogP contribution in [0.2, 0.25) is 0 Å². The number of carbonyl (C=O) groups excluding carboxylic acids is 2. The maximum Gasteiger partial charge on any atom is 0.306 e. The SMILES string of the molecule is C[C@]12CC[C@@H]3[C@H](CCC4=CC(=O)CC[C@@]43C)[C@H]1CC[C@H]2OC(=O)CCc1ccccc1. The molecule has 0 saturated heterocycles. The smallest absolute Gasteiger partial charge is 0.306 e. The molecule has 4 aliphatic carbocycles. The Bertz CT molecular complexity index is 887. The summed E-state index contributed by atoms with van der Waals surface area (Å²) in [4.78, 5) is 24.7. The molecule has 4 aliphatic rings. The molecule has 0 heterocycles. The zero-order valence-corrected chi connectivity index (χ0v) is 19.1. The lowest BCUT2D eigenvalue weighted by atomic mass is 9.47. The highest BCUT2D eigenvalue weighted by Gasteiger charge is 2.59. The van der Waals surface area contributed by atoms with E-state index in [2.05, 4.69) is 26.0 Å². The molecule has 0 radical (unpaired) electrons. The zero-order valence-electron chi connectivity index (χ0n) is 19.1. The lowest BCUT2D eigenvalue weighted by molar-refractivity contribution is -0.159. The van der Waals surface area contributed by atoms with Crippen molar-refractivity contribution in [1.82, 2.24) is 0 Å². The minimum Gasteiger partial charge on any atom is -0.462 e. The number of fused-ring (bicyclic) bond motifs is 5. The molecule has 1 aromatic carbocycles. The highest BCUT2D eigenvalue weighted by Crippen LogP contribution is 2.65. The molecule has 0 unspecified atom stereocenters. The van der Waals surface area contributed by atoms with Gasteiger partial charge in [-0.3, -0.25) is 9.59 Å². The number of carbonyl (C=O) groups is 2. The number of ether oxygens (including phenoxy) is 1. The topological polar surface area (TPSA) is 43.4 Å². The number of ketones is 1. The van der Waals surface area contributed by atoms with Gasteiger partial charge in [0.05, 0.1) is 0 Å². The van der Waals surface area contributed by atoms with Crippen molar-refractivity contribution in [3.8, 4) is 0 Å². The Labute approximate surface area is 186 Å². The first kappa shape index (κ1) is 21.0. The summed E-state index contributed by atoms with van der Waals surface area (Å²) in [5, 5.41) is 0. The minimum atomic E-state index is -0.0375. The number of esters is 1. The Hall–Kier alpha value is -1.90. The number of allylic oxidation sites excluding steroid dienone is 1. The van der Waals surface area contributed by atoms with E-state index in [0.29, 0.717) is 36.4 Å². The number of aryl methyl sites for hydroxylation is 1. The Morgan fingerprint density at radius 1 is 1.00 bits per heavy atom. The van der Waals surface area contributed by atoms with Gasteiger partial charge in [0.15, 0.2) is 5.78 Å². The Balaban J connectivity index is 1.26. The van der Waals surface area contributed by atoms with Crippen molar-refractivity contribution in [2.75, 3.05) is 0 Å². The van der Waals surface area contributed by atoms with Crippen molar-refractivity contribution in [3.05, 3.63) is 47.5 Å². The highest BCUT2D eigenvalue weighted by molar-refractivity contribution is 5.91. The standard InChI is InChI=1S/C28H36O3/c1-27-16-14-21(29)18-20(27)9-10-22-23-11-12-25(28(23,2)17-15-24(22)27)31-26(30)13-8-19-6-4-3-5-7-19/h3-7,18,22-25H,8-17H2,1-2H3/t22-,23-,24-,25-,27+,28+/m1/s1. The number of rotatable bonds is 4. The summed E-state index contributed by atoms with van der Waals surface area (Å²) in [6.07, 6.45) is 11.8. The second-order valence-corrected chi connectivity index (χ2v) is 11.1. The van der Waals surface area contributed by atoms with E-state index in [1.54, 1.807) is 0 Å². The van der Waals surface area contributed by atoms with Crippen LogP contribution in [0.15, 0.2) is 42.0 Å². The van der Waals surface area contributed by atoms with Crippen molar-refractivity contribution in [1.29, 1.82) is 0 Å². The van der Waals surface area contributed by atoms with E-state index in [1.165, 1.54) is 30.4 Å². The maximum absolute atomic E-state index is 12.7. The maximum atomic E-state index is 12.7. The summed E-state index contributed by atoms with van der Waals surface area (Å²) in [6, 6.07) is 10.2. The van der Waals surface area contributed by atoms with Gasteiger partial charge in [0.1, 0.15) is 6.10 Å². The zero-order chi connectivity index (χ0) is 21.6. The second kappa shape index (κ2) is 7.90. The van der Waals surface area contributed by atoms with E-state index in [1.807, 2.05) is 24.3 Å². The van der Waals surface area contributed by atoms with Crippen LogP contribution in [0.25, 0.3) is 0 Å². The van der Waals surface area contributed by atoms with Crippen LogP contribution in [-0.2, 0) is 20.7 Å². The lowest BCUT2D eigenvalue weighted by Gasteiger charge is -2.57. The molecule has 6 atom stereocenters. The van der Waals surface area contributed by atoms with Crippen molar-refractivity contribution >= 4 is 11.8 Å². The average molecular weight is 421 g/mol. The van der Waals surface area contributed by atoms with Crippen LogP contribution in [0.1, 0.15) is 77.2 Å². The number of benzene rings is 1. The van der Waals surface area contributed by atoms with Gasteiger partial charge in [-0.25, -0.2) is 0 Å². The van der Waals surface area contributed by atoms with E-state index >= 15 is 0 Å². The molecular weight excluding hydrogens is 384 g/mol. The van der Waals surface area contributed by atoms with Gasteiger partial charge >= 0.3 is 5.97 Å². The number of hydrogen-bond donors (Lipinski definition) is 0. The molecular formula is C28H36O3. The van der Waals surface area contributed by atoms with E-state index in [0.717, 1.165) is 32.1 Å². The molecule has 0 bridgehead atoms. The van der Waals surface area contributed by atoms with Crippen molar-refractivity contribution in [3.63, 3.8) is 0 Å². The minimum absolute atomic E-state index is 0.0375. The Kier molecular flexibility index (Phi) is 5.35. The molecule has 0 amide bonds. The summed E-state index contributed by atoms with van der Waals surface area (Å²) >= 11 is 0. The summed E-state index contributed by atoms with van der Waals surface area (Å²) in [5.41, 5.74) is 2.95. The van der Waals surface area contributed by atoms with Gasteiger partial charge in [0.2, 0.25) is 0 Å². The van der Waals surface area contributed by atoms with Crippen molar-refractivity contribution in [2.24, 2.45) is 28.6 Å². The second-order valence-electron chi connectivity index (χ2n) is 11.1. The van der Waals surface area contributed by atoms with Crippen LogP contribution in [0, 0.1) is 28.6 Å². The van der Waals surface area contributed by atoms with Crippen molar-refractivity contribution < 1.29 is 14.3 Å². The summed E-state index contributed by atoms with van der Waals surface area (Å²) in [7, 11) is 0. The summed E-state index contributed by atoms with van der Waals surface area (Å²) < 4.78 is 6.14. The molecule has 3 fully saturated rings. The van der Waals surface area contributed by atoms with E-state index in [4.69, 9.17) is 4.74 Å². The molecule has 0 aliphatic heterocycles. The van der Waals surface area contributed by atoms with Gasteiger partial charge in [-0.05, 0) is 86.2 Å². The van der Waals surface area contributed by atoms with Crippen LogP contribution in [0.4, 0.5) is 0 Å². The summed E-state index contributed by atoms with van der Waals surface area (Å²) in [5.74, 6) is 2.34. The van der Waals surface area contributed by atoms with Crippen LogP contribution in [0.5, 0.6) is 0 Å². The highest BCUT2D eigenvalue weighted by atomic mass is 16.5. The van der Waals surface area contributed by atoms with E-state index in [-0.39, 0.29) is 22.9 Å². The first-order valence-electron chi connectivity index (χ1n) is 12.4. The van der Waals surface area contributed by atoms with Crippen LogP contribution >= 0.6 is 0 Å². The lowest BCUT2D eigenvalue weighted by Crippen LogP contribution is -2.51. The van der Waals surface area contributed by atoms with Crippen molar-refractivity contribution in [2.45, 2.75) is 84.2 Å². The number of hydrogen-bond acceptors (Lipinski definition) is 3. The largest absolute Gasteiger partial charge is 0.462 e. The predicted octanol–water partition coefficient (Wildman–Crippen LogP) is 6.06. The Morgan fingerprint density at radius 3 is 2.61 bits per heavy atom. The molecule has 31 heavy (non-hydrogen) atoms. The molecule has 3 saturated carbocycles. The monoisotopic (exact) mass is 420 g/mol. The van der Waals surface area contributed by atoms with E-state index in [9.17, 15) is 9.59 Å². The van der Waals surface area contributed by atoms with Gasteiger partial charge in [0, 0.05) is 18.3 Å². The molecule has 166 valence electrons. The fourth-order valence-electron chi connectivity index (χ4n) is 7.81. The van der Waals surface area contributed by atoms with Gasteiger partial charge in [-0.15, -0.1) is 0 Å². The fourth-order valence-corrected chi connectivity index (χ4v) is 7.81. The van der Waals surface area contributed by atoms with Gasteiger partial charge < -0.3 is 4.74 Å². The average Bonchev–Trinajstić information content (AvgIpc) is 3.10. The first-order valence-corrected chi connectivity index (χ1v) is 12.4. The molecule has 0 aromatic heterocycles. The molecule has 3 heteroatoms. The molecule has 0 spiro atoms. The third-order valence-electron chi connectivity index (χ3n) is 9.61. The molecule has 1 aromatic rings. The van der Waals surface area contributed by atoms with Crippen LogP contribution in [-0.4, -0.2) is 17.9 Å². The normalized spacial score (nSPS) is 39.2.